The average Bonchev–Trinajstić information content (AvgIpc) is 2.34. The Bertz CT molecular complexity index is 335. The molecule has 0 unspecified atom stereocenters. The molecule has 1 N–H and O–H groups in total. The van der Waals surface area contributed by atoms with Gasteiger partial charge in [-0.1, -0.05) is 44.2 Å². The van der Waals surface area contributed by atoms with Crippen molar-refractivity contribution < 1.29 is 4.79 Å². The van der Waals surface area contributed by atoms with Crippen molar-refractivity contribution in [2.45, 2.75) is 33.4 Å². The minimum atomic E-state index is 0.157. The average molecular weight is 234 g/mol. The van der Waals surface area contributed by atoms with Crippen LogP contribution in [0.2, 0.25) is 0 Å². The Morgan fingerprint density at radius 3 is 2.47 bits per heavy atom. The fourth-order valence-corrected chi connectivity index (χ4v) is 1.58. The molecule has 0 fully saturated rings. The fourth-order valence-electron chi connectivity index (χ4n) is 1.58. The molecule has 0 aliphatic heterocycles. The molecule has 0 spiro atoms. The molecular formula is C14H22N2O. The molecule has 0 radical (unpaired) electrons. The Morgan fingerprint density at radius 1 is 1.29 bits per heavy atom. The van der Waals surface area contributed by atoms with Gasteiger partial charge in [0, 0.05) is 19.1 Å². The van der Waals surface area contributed by atoms with E-state index < -0.39 is 0 Å². The van der Waals surface area contributed by atoms with Gasteiger partial charge in [-0.25, -0.2) is 0 Å². The lowest BCUT2D eigenvalue weighted by Gasteiger charge is -2.22. The Hall–Kier alpha value is -1.35. The number of hydrogen-bond acceptors (Lipinski definition) is 2. The van der Waals surface area contributed by atoms with Crippen LogP contribution in [0.15, 0.2) is 30.3 Å². The zero-order valence-corrected chi connectivity index (χ0v) is 10.9. The highest BCUT2D eigenvalue weighted by atomic mass is 16.2. The molecule has 0 saturated carbocycles. The summed E-state index contributed by atoms with van der Waals surface area (Å²) in [5, 5.41) is 3.15. The van der Waals surface area contributed by atoms with Crippen LogP contribution in [-0.2, 0) is 11.3 Å². The largest absolute Gasteiger partial charge is 0.338 e. The molecule has 1 aromatic rings. The summed E-state index contributed by atoms with van der Waals surface area (Å²) in [4.78, 5) is 13.8. The number of hydrogen-bond donors (Lipinski definition) is 1. The Morgan fingerprint density at radius 2 is 1.94 bits per heavy atom. The molecule has 17 heavy (non-hydrogen) atoms. The third kappa shape index (κ3) is 5.00. The number of carbonyl (C=O) groups excluding carboxylic acids is 1. The van der Waals surface area contributed by atoms with Crippen molar-refractivity contribution in [2.75, 3.05) is 13.1 Å². The van der Waals surface area contributed by atoms with E-state index >= 15 is 0 Å². The topological polar surface area (TPSA) is 32.3 Å². The molecule has 1 aromatic carbocycles. The number of benzene rings is 1. The van der Waals surface area contributed by atoms with Crippen LogP contribution >= 0.6 is 0 Å². The van der Waals surface area contributed by atoms with E-state index in [4.69, 9.17) is 0 Å². The summed E-state index contributed by atoms with van der Waals surface area (Å²) < 4.78 is 0. The highest BCUT2D eigenvalue weighted by molar-refractivity contribution is 5.78. The minimum Gasteiger partial charge on any atom is -0.338 e. The first-order valence-electron chi connectivity index (χ1n) is 6.18. The van der Waals surface area contributed by atoms with Crippen LogP contribution in [0.4, 0.5) is 0 Å². The lowest BCUT2D eigenvalue weighted by atomic mass is 10.2. The second-order valence-corrected chi connectivity index (χ2v) is 4.43. The van der Waals surface area contributed by atoms with Crippen LogP contribution in [0, 0.1) is 0 Å². The number of rotatable bonds is 6. The van der Waals surface area contributed by atoms with E-state index in [-0.39, 0.29) is 5.91 Å². The summed E-state index contributed by atoms with van der Waals surface area (Å²) in [7, 11) is 0. The zero-order valence-electron chi connectivity index (χ0n) is 10.9. The Balaban J connectivity index is 2.51. The monoisotopic (exact) mass is 234 g/mol. The van der Waals surface area contributed by atoms with Crippen LogP contribution in [0.25, 0.3) is 0 Å². The molecule has 1 rings (SSSR count). The molecule has 94 valence electrons. The lowest BCUT2D eigenvalue weighted by molar-refractivity contribution is -0.130. The van der Waals surface area contributed by atoms with Crippen molar-refractivity contribution in [2.24, 2.45) is 0 Å². The van der Waals surface area contributed by atoms with Crippen LogP contribution in [0.3, 0.4) is 0 Å². The molecule has 3 nitrogen and oxygen atoms in total. The molecule has 0 saturated heterocycles. The van der Waals surface area contributed by atoms with Gasteiger partial charge in [0.15, 0.2) is 0 Å². The van der Waals surface area contributed by atoms with E-state index in [9.17, 15) is 4.79 Å². The number of nitrogens with zero attached hydrogens (tertiary/aromatic N) is 1. The Kier molecular flexibility index (Phi) is 5.70. The van der Waals surface area contributed by atoms with Crippen molar-refractivity contribution in [3.05, 3.63) is 35.9 Å². The third-order valence-corrected chi connectivity index (χ3v) is 2.61. The van der Waals surface area contributed by atoms with E-state index in [1.807, 2.05) is 56.0 Å². The van der Waals surface area contributed by atoms with Crippen molar-refractivity contribution in [1.82, 2.24) is 10.2 Å². The summed E-state index contributed by atoms with van der Waals surface area (Å²) in [6.45, 7) is 7.94. The van der Waals surface area contributed by atoms with Crippen LogP contribution in [-0.4, -0.2) is 29.9 Å². The molecule has 0 atom stereocenters. The van der Waals surface area contributed by atoms with E-state index in [2.05, 4.69) is 5.32 Å². The third-order valence-electron chi connectivity index (χ3n) is 2.61. The normalized spacial score (nSPS) is 10.6. The lowest BCUT2D eigenvalue weighted by Crippen LogP contribution is -2.39. The maximum Gasteiger partial charge on any atom is 0.236 e. The molecule has 0 heterocycles. The van der Waals surface area contributed by atoms with Crippen molar-refractivity contribution >= 4 is 5.91 Å². The van der Waals surface area contributed by atoms with E-state index in [0.717, 1.165) is 6.54 Å². The van der Waals surface area contributed by atoms with Gasteiger partial charge < -0.3 is 10.2 Å². The molecule has 0 aliphatic carbocycles. The number of carbonyl (C=O) groups is 1. The molecule has 3 heteroatoms. The minimum absolute atomic E-state index is 0.157. The summed E-state index contributed by atoms with van der Waals surface area (Å²) in [6, 6.07) is 10.4. The molecular weight excluding hydrogens is 212 g/mol. The first-order chi connectivity index (χ1) is 8.13. The SMILES string of the molecule is CCN(Cc1ccccc1)C(=O)CNC(C)C. The second kappa shape index (κ2) is 7.07. The van der Waals surface area contributed by atoms with Gasteiger partial charge in [0.2, 0.25) is 5.91 Å². The number of amides is 1. The highest BCUT2D eigenvalue weighted by Gasteiger charge is 2.11. The van der Waals surface area contributed by atoms with Gasteiger partial charge >= 0.3 is 0 Å². The summed E-state index contributed by atoms with van der Waals surface area (Å²) in [5.74, 6) is 0.157. The number of nitrogens with one attached hydrogen (secondary N) is 1. The van der Waals surface area contributed by atoms with Gasteiger partial charge in [0.25, 0.3) is 0 Å². The molecule has 0 aromatic heterocycles. The first-order valence-corrected chi connectivity index (χ1v) is 6.18. The van der Waals surface area contributed by atoms with Gasteiger partial charge in [-0.3, -0.25) is 4.79 Å². The van der Waals surface area contributed by atoms with Crippen LogP contribution in [0.1, 0.15) is 26.3 Å². The standard InChI is InChI=1S/C14H22N2O/c1-4-16(14(17)10-15-12(2)3)11-13-8-6-5-7-9-13/h5-9,12,15H,4,10-11H2,1-3H3. The van der Waals surface area contributed by atoms with E-state index in [1.54, 1.807) is 0 Å². The van der Waals surface area contributed by atoms with Gasteiger partial charge in [0.05, 0.1) is 6.54 Å². The quantitative estimate of drug-likeness (QED) is 0.817. The van der Waals surface area contributed by atoms with E-state index in [1.165, 1.54) is 5.56 Å². The van der Waals surface area contributed by atoms with Crippen molar-refractivity contribution in [1.29, 1.82) is 0 Å². The molecule has 0 bridgehead atoms. The predicted molar refractivity (Wildman–Crippen MR) is 70.7 cm³/mol. The Labute approximate surface area is 104 Å². The van der Waals surface area contributed by atoms with Crippen LogP contribution < -0.4 is 5.32 Å². The summed E-state index contributed by atoms with van der Waals surface area (Å²) in [5.41, 5.74) is 1.17. The maximum absolute atomic E-state index is 11.9. The van der Waals surface area contributed by atoms with Crippen molar-refractivity contribution in [3.63, 3.8) is 0 Å². The van der Waals surface area contributed by atoms with Gasteiger partial charge in [-0.15, -0.1) is 0 Å². The number of likely N-dealkylation sites (N-methyl/N-ethyl adjacent to an activating group) is 1. The zero-order chi connectivity index (χ0) is 12.7. The van der Waals surface area contributed by atoms with Gasteiger partial charge in [-0.05, 0) is 12.5 Å². The summed E-state index contributed by atoms with van der Waals surface area (Å²) in [6.07, 6.45) is 0. The molecule has 1 amide bonds. The van der Waals surface area contributed by atoms with Crippen LogP contribution in [0.5, 0.6) is 0 Å². The van der Waals surface area contributed by atoms with E-state index in [0.29, 0.717) is 19.1 Å². The summed E-state index contributed by atoms with van der Waals surface area (Å²) >= 11 is 0. The predicted octanol–water partition coefficient (Wildman–Crippen LogP) is 2.03. The second-order valence-electron chi connectivity index (χ2n) is 4.43. The van der Waals surface area contributed by atoms with Crippen molar-refractivity contribution in [3.8, 4) is 0 Å². The fraction of sp³-hybridized carbons (Fsp3) is 0.500. The maximum atomic E-state index is 11.9. The highest BCUT2D eigenvalue weighted by Crippen LogP contribution is 2.04. The smallest absolute Gasteiger partial charge is 0.236 e. The first kappa shape index (κ1) is 13.7. The van der Waals surface area contributed by atoms with Gasteiger partial charge in [0.1, 0.15) is 0 Å². The van der Waals surface area contributed by atoms with Gasteiger partial charge in [-0.2, -0.15) is 0 Å². The molecule has 0 aliphatic rings.